The summed E-state index contributed by atoms with van der Waals surface area (Å²) in [5, 5.41) is 2.67. The molecule has 5 nitrogen and oxygen atoms in total. The second-order valence-electron chi connectivity index (χ2n) is 5.24. The number of rotatable bonds is 6. The lowest BCUT2D eigenvalue weighted by Crippen LogP contribution is -2.29. The SMILES string of the molecule is CC(=O)NCc1ccc(S(=O)(=O)N(C)C(C)c2ccccc2)s1. The van der Waals surface area contributed by atoms with Crippen molar-refractivity contribution in [1.82, 2.24) is 9.62 Å². The molecule has 1 amide bonds. The lowest BCUT2D eigenvalue weighted by atomic mass is 10.1. The van der Waals surface area contributed by atoms with Gasteiger partial charge in [-0.2, -0.15) is 4.31 Å². The first-order valence-corrected chi connectivity index (χ1v) is 9.44. The minimum atomic E-state index is -3.56. The van der Waals surface area contributed by atoms with E-state index in [4.69, 9.17) is 0 Å². The Labute approximate surface area is 141 Å². The zero-order valence-corrected chi connectivity index (χ0v) is 14.9. The Morgan fingerprint density at radius 2 is 1.87 bits per heavy atom. The lowest BCUT2D eigenvalue weighted by molar-refractivity contribution is -0.119. The summed E-state index contributed by atoms with van der Waals surface area (Å²) in [4.78, 5) is 11.7. The van der Waals surface area contributed by atoms with Crippen molar-refractivity contribution in [1.29, 1.82) is 0 Å². The van der Waals surface area contributed by atoms with E-state index in [2.05, 4.69) is 5.32 Å². The molecule has 1 atom stereocenters. The molecule has 7 heteroatoms. The molecule has 0 saturated heterocycles. The normalized spacial score (nSPS) is 13.0. The van der Waals surface area contributed by atoms with E-state index in [1.807, 2.05) is 37.3 Å². The van der Waals surface area contributed by atoms with Crippen LogP contribution in [0.15, 0.2) is 46.7 Å². The van der Waals surface area contributed by atoms with Gasteiger partial charge < -0.3 is 5.32 Å². The van der Waals surface area contributed by atoms with Crippen molar-refractivity contribution < 1.29 is 13.2 Å². The minimum absolute atomic E-state index is 0.141. The highest BCUT2D eigenvalue weighted by Crippen LogP contribution is 2.29. The number of nitrogens with zero attached hydrogens (tertiary/aromatic N) is 1. The van der Waals surface area contributed by atoms with Crippen molar-refractivity contribution in [2.45, 2.75) is 30.6 Å². The monoisotopic (exact) mass is 352 g/mol. The third-order valence-corrected chi connectivity index (χ3v) is 7.09. The summed E-state index contributed by atoms with van der Waals surface area (Å²) in [5.41, 5.74) is 0.939. The topological polar surface area (TPSA) is 66.5 Å². The molecule has 0 aliphatic heterocycles. The summed E-state index contributed by atoms with van der Waals surface area (Å²) in [7, 11) is -1.98. The Bertz CT molecular complexity index is 770. The van der Waals surface area contributed by atoms with Crippen molar-refractivity contribution in [2.24, 2.45) is 0 Å². The molecular weight excluding hydrogens is 332 g/mol. The molecule has 0 bridgehead atoms. The average molecular weight is 352 g/mol. The maximum Gasteiger partial charge on any atom is 0.252 e. The Hall–Kier alpha value is -1.70. The fourth-order valence-corrected chi connectivity index (χ4v) is 4.93. The van der Waals surface area contributed by atoms with Gasteiger partial charge in [0, 0.05) is 24.9 Å². The van der Waals surface area contributed by atoms with Crippen LogP contribution in [-0.2, 0) is 21.4 Å². The van der Waals surface area contributed by atoms with Crippen LogP contribution in [0.5, 0.6) is 0 Å². The zero-order chi connectivity index (χ0) is 17.0. The third-order valence-electron chi connectivity index (χ3n) is 3.61. The van der Waals surface area contributed by atoms with Gasteiger partial charge in [-0.15, -0.1) is 11.3 Å². The Morgan fingerprint density at radius 1 is 1.22 bits per heavy atom. The number of amides is 1. The first-order chi connectivity index (χ1) is 10.8. The molecular formula is C16H20N2O3S2. The summed E-state index contributed by atoms with van der Waals surface area (Å²) in [6.07, 6.45) is 0. The first-order valence-electron chi connectivity index (χ1n) is 7.18. The van der Waals surface area contributed by atoms with Crippen LogP contribution in [0.1, 0.15) is 30.3 Å². The average Bonchev–Trinajstić information content (AvgIpc) is 3.02. The van der Waals surface area contributed by atoms with E-state index in [1.54, 1.807) is 19.2 Å². The number of benzene rings is 1. The molecule has 1 aromatic heterocycles. The van der Waals surface area contributed by atoms with Crippen molar-refractivity contribution >= 4 is 27.3 Å². The largest absolute Gasteiger partial charge is 0.351 e. The van der Waals surface area contributed by atoms with E-state index in [1.165, 1.54) is 22.6 Å². The van der Waals surface area contributed by atoms with Crippen LogP contribution >= 0.6 is 11.3 Å². The smallest absolute Gasteiger partial charge is 0.252 e. The zero-order valence-electron chi connectivity index (χ0n) is 13.3. The van der Waals surface area contributed by atoms with E-state index in [0.717, 1.165) is 10.4 Å². The molecule has 124 valence electrons. The molecule has 1 N–H and O–H groups in total. The van der Waals surface area contributed by atoms with Gasteiger partial charge in [0.25, 0.3) is 10.0 Å². The van der Waals surface area contributed by atoms with Gasteiger partial charge in [0.05, 0.1) is 6.54 Å². The number of hydrogen-bond donors (Lipinski definition) is 1. The van der Waals surface area contributed by atoms with Crippen molar-refractivity contribution in [3.8, 4) is 0 Å². The van der Waals surface area contributed by atoms with Crippen molar-refractivity contribution in [3.63, 3.8) is 0 Å². The van der Waals surface area contributed by atoms with Gasteiger partial charge >= 0.3 is 0 Å². The minimum Gasteiger partial charge on any atom is -0.351 e. The first kappa shape index (κ1) is 17.7. The van der Waals surface area contributed by atoms with Gasteiger partial charge in [0.1, 0.15) is 4.21 Å². The highest BCUT2D eigenvalue weighted by molar-refractivity contribution is 7.91. The number of nitrogens with one attached hydrogen (secondary N) is 1. The van der Waals surface area contributed by atoms with Gasteiger partial charge in [-0.25, -0.2) is 8.42 Å². The fraction of sp³-hybridized carbons (Fsp3) is 0.312. The fourth-order valence-electron chi connectivity index (χ4n) is 2.10. The maximum atomic E-state index is 12.7. The van der Waals surface area contributed by atoms with E-state index < -0.39 is 10.0 Å². The van der Waals surface area contributed by atoms with E-state index in [0.29, 0.717) is 6.54 Å². The van der Waals surface area contributed by atoms with Crippen LogP contribution in [0.2, 0.25) is 0 Å². The molecule has 0 fully saturated rings. The Kier molecular flexibility index (Phi) is 5.56. The molecule has 1 heterocycles. The van der Waals surface area contributed by atoms with Crippen molar-refractivity contribution in [2.75, 3.05) is 7.05 Å². The maximum absolute atomic E-state index is 12.7. The second kappa shape index (κ2) is 7.25. The van der Waals surface area contributed by atoms with Crippen LogP contribution in [-0.4, -0.2) is 25.7 Å². The van der Waals surface area contributed by atoms with Gasteiger partial charge in [-0.1, -0.05) is 30.3 Å². The van der Waals surface area contributed by atoms with Crippen LogP contribution in [0.3, 0.4) is 0 Å². The molecule has 1 unspecified atom stereocenters. The molecule has 2 aromatic rings. The molecule has 1 aromatic carbocycles. The predicted octanol–water partition coefficient (Wildman–Crippen LogP) is 2.77. The molecule has 0 radical (unpaired) electrons. The van der Waals surface area contributed by atoms with Crippen LogP contribution < -0.4 is 5.32 Å². The van der Waals surface area contributed by atoms with Crippen LogP contribution in [0.25, 0.3) is 0 Å². The highest BCUT2D eigenvalue weighted by atomic mass is 32.2. The summed E-state index contributed by atoms with van der Waals surface area (Å²) >= 11 is 1.18. The van der Waals surface area contributed by atoms with Gasteiger partial charge in [-0.3, -0.25) is 4.79 Å². The summed E-state index contributed by atoms with van der Waals surface area (Å²) in [6, 6.07) is 12.6. The van der Waals surface area contributed by atoms with E-state index in [-0.39, 0.29) is 16.2 Å². The standard InChI is InChI=1S/C16H20N2O3S2/c1-12(14-7-5-4-6-8-14)18(3)23(20,21)16-10-9-15(22-16)11-17-13(2)19/h4-10,12H,11H2,1-3H3,(H,17,19). The van der Waals surface area contributed by atoms with Gasteiger partial charge in [0.15, 0.2) is 0 Å². The van der Waals surface area contributed by atoms with Crippen LogP contribution in [0.4, 0.5) is 0 Å². The Morgan fingerprint density at radius 3 is 2.48 bits per heavy atom. The molecule has 0 spiro atoms. The van der Waals surface area contributed by atoms with Gasteiger partial charge in [-0.05, 0) is 24.6 Å². The van der Waals surface area contributed by atoms with Crippen molar-refractivity contribution in [3.05, 3.63) is 52.9 Å². The van der Waals surface area contributed by atoms with E-state index >= 15 is 0 Å². The number of hydrogen-bond acceptors (Lipinski definition) is 4. The highest BCUT2D eigenvalue weighted by Gasteiger charge is 2.27. The lowest BCUT2D eigenvalue weighted by Gasteiger charge is -2.24. The van der Waals surface area contributed by atoms with Crippen LogP contribution in [0, 0.1) is 0 Å². The number of carbonyl (C=O) groups is 1. The molecule has 0 saturated carbocycles. The number of carbonyl (C=O) groups excluding carboxylic acids is 1. The summed E-state index contributed by atoms with van der Waals surface area (Å²) in [5.74, 6) is -0.141. The van der Waals surface area contributed by atoms with E-state index in [9.17, 15) is 13.2 Å². The third kappa shape index (κ3) is 4.19. The summed E-state index contributed by atoms with van der Waals surface area (Å²) < 4.78 is 27.1. The Balaban J connectivity index is 2.19. The second-order valence-corrected chi connectivity index (χ2v) is 8.63. The predicted molar refractivity (Wildman–Crippen MR) is 91.6 cm³/mol. The van der Waals surface area contributed by atoms with Gasteiger partial charge in [0.2, 0.25) is 5.91 Å². The summed E-state index contributed by atoms with van der Waals surface area (Å²) in [6.45, 7) is 3.63. The molecule has 23 heavy (non-hydrogen) atoms. The molecule has 0 aliphatic carbocycles. The number of thiophene rings is 1. The quantitative estimate of drug-likeness (QED) is 0.869. The number of sulfonamides is 1. The molecule has 2 rings (SSSR count). The molecule has 0 aliphatic rings.